The molecule has 2 aromatic rings. The summed E-state index contributed by atoms with van der Waals surface area (Å²) in [5.74, 6) is 6.79. The van der Waals surface area contributed by atoms with Gasteiger partial charge in [-0.2, -0.15) is 5.10 Å². The van der Waals surface area contributed by atoms with Crippen molar-refractivity contribution in [2.45, 2.75) is 6.42 Å². The van der Waals surface area contributed by atoms with Crippen molar-refractivity contribution < 1.29 is 0 Å². The van der Waals surface area contributed by atoms with Gasteiger partial charge < -0.3 is 11.2 Å². The van der Waals surface area contributed by atoms with Gasteiger partial charge in [0, 0.05) is 29.5 Å². The van der Waals surface area contributed by atoms with Crippen LogP contribution in [0.25, 0.3) is 0 Å². The Hall–Kier alpha value is -3.12. The fourth-order valence-electron chi connectivity index (χ4n) is 2.31. The Balaban J connectivity index is 1.80. The zero-order valence-electron chi connectivity index (χ0n) is 13.4. The van der Waals surface area contributed by atoms with E-state index in [-0.39, 0.29) is 0 Å². The maximum atomic E-state index is 6.01. The first-order valence-electron chi connectivity index (χ1n) is 7.59. The van der Waals surface area contributed by atoms with Gasteiger partial charge >= 0.3 is 0 Å². The van der Waals surface area contributed by atoms with Gasteiger partial charge in [0.05, 0.1) is 5.70 Å². The SMILES string of the molecule is C=C1C=CC(Nc2cccc(Cl)c2)=NN1/C(Cc1ccncc1)=N\N. The van der Waals surface area contributed by atoms with Crippen LogP contribution in [0.4, 0.5) is 5.69 Å². The number of allylic oxidation sites excluding steroid dienone is 1. The van der Waals surface area contributed by atoms with Crippen molar-refractivity contribution in [2.75, 3.05) is 5.32 Å². The van der Waals surface area contributed by atoms with E-state index in [0.717, 1.165) is 11.3 Å². The van der Waals surface area contributed by atoms with Gasteiger partial charge in [-0.25, -0.2) is 5.01 Å². The Bertz CT molecular complexity index is 857. The molecule has 0 unspecified atom stereocenters. The van der Waals surface area contributed by atoms with Gasteiger partial charge in [-0.05, 0) is 48.0 Å². The summed E-state index contributed by atoms with van der Waals surface area (Å²) in [6, 6.07) is 11.2. The van der Waals surface area contributed by atoms with Gasteiger partial charge in [0.15, 0.2) is 11.7 Å². The number of nitrogens with one attached hydrogen (secondary N) is 1. The molecule has 1 aromatic carbocycles. The Morgan fingerprint density at radius 2 is 2.04 bits per heavy atom. The number of pyridine rings is 1. The molecule has 126 valence electrons. The molecule has 3 rings (SSSR count). The maximum absolute atomic E-state index is 6.01. The van der Waals surface area contributed by atoms with Crippen molar-refractivity contribution in [2.24, 2.45) is 16.0 Å². The average Bonchev–Trinajstić information content (AvgIpc) is 2.62. The number of nitrogens with two attached hydrogens (primary N) is 1. The molecule has 0 aliphatic carbocycles. The summed E-state index contributed by atoms with van der Waals surface area (Å²) in [7, 11) is 0. The number of anilines is 1. The molecule has 1 aliphatic rings. The number of hydrazone groups is 2. The van der Waals surface area contributed by atoms with E-state index in [1.165, 1.54) is 0 Å². The Kier molecular flexibility index (Phi) is 5.11. The molecule has 0 radical (unpaired) electrons. The van der Waals surface area contributed by atoms with Crippen LogP contribution in [0.15, 0.2) is 83.4 Å². The van der Waals surface area contributed by atoms with Crippen LogP contribution in [0.3, 0.4) is 0 Å². The first kappa shape index (κ1) is 16.7. The predicted octanol–water partition coefficient (Wildman–Crippen LogP) is 3.36. The van der Waals surface area contributed by atoms with E-state index in [0.29, 0.717) is 28.8 Å². The third kappa shape index (κ3) is 4.24. The second-order valence-electron chi connectivity index (χ2n) is 5.33. The zero-order chi connectivity index (χ0) is 17.6. The molecule has 3 N–H and O–H groups in total. The Morgan fingerprint density at radius 1 is 1.24 bits per heavy atom. The first-order chi connectivity index (χ1) is 12.2. The molecule has 6 nitrogen and oxygen atoms in total. The van der Waals surface area contributed by atoms with E-state index in [9.17, 15) is 0 Å². The fourth-order valence-corrected chi connectivity index (χ4v) is 2.50. The molecule has 2 heterocycles. The molecule has 0 atom stereocenters. The number of benzene rings is 1. The van der Waals surface area contributed by atoms with Crippen LogP contribution >= 0.6 is 11.6 Å². The summed E-state index contributed by atoms with van der Waals surface area (Å²) >= 11 is 6.01. The minimum atomic E-state index is 0.514. The predicted molar refractivity (Wildman–Crippen MR) is 102 cm³/mol. The van der Waals surface area contributed by atoms with Crippen molar-refractivity contribution in [1.29, 1.82) is 0 Å². The molecular formula is C18H17ClN6. The van der Waals surface area contributed by atoms with Crippen molar-refractivity contribution >= 4 is 29.0 Å². The van der Waals surface area contributed by atoms with E-state index in [4.69, 9.17) is 17.4 Å². The highest BCUT2D eigenvalue weighted by atomic mass is 35.5. The molecule has 25 heavy (non-hydrogen) atoms. The Morgan fingerprint density at radius 3 is 2.76 bits per heavy atom. The summed E-state index contributed by atoms with van der Waals surface area (Å²) in [5, 5.41) is 13.9. The van der Waals surface area contributed by atoms with E-state index in [1.54, 1.807) is 17.4 Å². The van der Waals surface area contributed by atoms with Gasteiger partial charge in [-0.15, -0.1) is 5.10 Å². The summed E-state index contributed by atoms with van der Waals surface area (Å²) < 4.78 is 0. The van der Waals surface area contributed by atoms with Crippen LogP contribution in [0.1, 0.15) is 5.56 Å². The van der Waals surface area contributed by atoms with Crippen LogP contribution in [-0.2, 0) is 6.42 Å². The average molecular weight is 353 g/mol. The highest BCUT2D eigenvalue weighted by molar-refractivity contribution is 6.31. The molecule has 0 fully saturated rings. The molecule has 0 spiro atoms. The lowest BCUT2D eigenvalue weighted by Gasteiger charge is -2.24. The largest absolute Gasteiger partial charge is 0.339 e. The van der Waals surface area contributed by atoms with Crippen LogP contribution < -0.4 is 11.2 Å². The fraction of sp³-hybridized carbons (Fsp3) is 0.0556. The third-order valence-corrected chi connectivity index (χ3v) is 3.75. The van der Waals surface area contributed by atoms with Crippen molar-refractivity contribution in [3.05, 3.63) is 83.8 Å². The molecule has 0 amide bonds. The molecule has 0 bridgehead atoms. The van der Waals surface area contributed by atoms with Crippen LogP contribution in [-0.4, -0.2) is 21.7 Å². The highest BCUT2D eigenvalue weighted by Crippen LogP contribution is 2.18. The van der Waals surface area contributed by atoms with E-state index >= 15 is 0 Å². The second kappa shape index (κ2) is 7.63. The zero-order valence-corrected chi connectivity index (χ0v) is 14.2. The van der Waals surface area contributed by atoms with Gasteiger partial charge in [-0.3, -0.25) is 4.98 Å². The number of hydrogen-bond donors (Lipinski definition) is 2. The van der Waals surface area contributed by atoms with Gasteiger partial charge in [0.1, 0.15) is 0 Å². The van der Waals surface area contributed by atoms with Crippen LogP contribution in [0.2, 0.25) is 5.02 Å². The summed E-state index contributed by atoms with van der Waals surface area (Å²) in [5.41, 5.74) is 2.54. The standard InChI is InChI=1S/C18H17ClN6/c1-13-5-6-17(22-16-4-2-3-15(19)12-16)24-25(13)18(23-20)11-14-7-9-21-10-8-14/h2-10,12H,1,11,20H2,(H,22,24)/b23-18-. The highest BCUT2D eigenvalue weighted by Gasteiger charge is 2.17. The van der Waals surface area contributed by atoms with Crippen molar-refractivity contribution in [3.63, 3.8) is 0 Å². The Labute approximate surface area is 151 Å². The minimum Gasteiger partial charge on any atom is -0.339 e. The monoisotopic (exact) mass is 352 g/mol. The number of nitrogens with zero attached hydrogens (tertiary/aromatic N) is 4. The van der Waals surface area contributed by atoms with Gasteiger partial charge in [-0.1, -0.05) is 24.2 Å². The molecular weight excluding hydrogens is 336 g/mol. The number of halogens is 1. The number of hydrogen-bond acceptors (Lipinski definition) is 5. The summed E-state index contributed by atoms with van der Waals surface area (Å²) in [6.07, 6.45) is 7.64. The summed E-state index contributed by atoms with van der Waals surface area (Å²) in [6.45, 7) is 4.00. The molecule has 0 saturated carbocycles. The molecule has 1 aliphatic heterocycles. The van der Waals surface area contributed by atoms with Crippen molar-refractivity contribution in [1.82, 2.24) is 9.99 Å². The molecule has 7 heteroatoms. The molecule has 0 saturated heterocycles. The first-order valence-corrected chi connectivity index (χ1v) is 7.97. The van der Waals surface area contributed by atoms with Gasteiger partial charge in [0.25, 0.3) is 0 Å². The lowest BCUT2D eigenvalue weighted by Crippen LogP contribution is -2.32. The number of aromatic nitrogens is 1. The lowest BCUT2D eigenvalue weighted by atomic mass is 10.2. The normalized spacial score (nSPS) is 14.4. The van der Waals surface area contributed by atoms with E-state index < -0.39 is 0 Å². The smallest absolute Gasteiger partial charge is 0.154 e. The quantitative estimate of drug-likeness (QED) is 0.384. The second-order valence-corrected chi connectivity index (χ2v) is 5.77. The maximum Gasteiger partial charge on any atom is 0.154 e. The topological polar surface area (TPSA) is 78.9 Å². The lowest BCUT2D eigenvalue weighted by molar-refractivity contribution is 0.552. The third-order valence-electron chi connectivity index (χ3n) is 3.52. The minimum absolute atomic E-state index is 0.514. The van der Waals surface area contributed by atoms with Gasteiger partial charge in [0.2, 0.25) is 0 Å². The summed E-state index contributed by atoms with van der Waals surface area (Å²) in [4.78, 5) is 4.01. The molecule has 1 aromatic heterocycles. The van der Waals surface area contributed by atoms with E-state index in [2.05, 4.69) is 27.1 Å². The number of amidine groups is 2. The van der Waals surface area contributed by atoms with Crippen LogP contribution in [0.5, 0.6) is 0 Å². The van der Waals surface area contributed by atoms with Crippen LogP contribution in [0, 0.1) is 0 Å². The van der Waals surface area contributed by atoms with Crippen molar-refractivity contribution in [3.8, 4) is 0 Å². The van der Waals surface area contributed by atoms with E-state index in [1.807, 2.05) is 48.6 Å². The number of rotatable bonds is 3.